The van der Waals surface area contributed by atoms with Crippen molar-refractivity contribution in [3.8, 4) is 0 Å². The van der Waals surface area contributed by atoms with Crippen LogP contribution in [0.15, 0.2) is 42.6 Å². The van der Waals surface area contributed by atoms with E-state index in [4.69, 9.17) is 0 Å². The highest BCUT2D eigenvalue weighted by Gasteiger charge is 2.22. The smallest absolute Gasteiger partial charge is 0.320 e. The van der Waals surface area contributed by atoms with E-state index in [1.54, 1.807) is 12.3 Å². The Hall–Kier alpha value is -2.87. The number of nitrogens with zero attached hydrogens (tertiary/aromatic N) is 2. The fourth-order valence-electron chi connectivity index (χ4n) is 2.96. The van der Waals surface area contributed by atoms with E-state index in [1.165, 1.54) is 0 Å². The lowest BCUT2D eigenvalue weighted by molar-refractivity contribution is -0.122. The predicted octanol–water partition coefficient (Wildman–Crippen LogP) is 1.31. The van der Waals surface area contributed by atoms with Crippen LogP contribution in [0, 0.1) is 0 Å². The Bertz CT molecular complexity index is 696. The number of aromatic nitrogens is 2. The summed E-state index contributed by atoms with van der Waals surface area (Å²) in [5.41, 5.74) is 1.09. The molecule has 0 spiro atoms. The first-order valence-corrected chi connectivity index (χ1v) is 8.79. The van der Waals surface area contributed by atoms with E-state index in [9.17, 15) is 9.59 Å². The highest BCUT2D eigenvalue weighted by atomic mass is 16.2. The monoisotopic (exact) mass is 356 g/mol. The zero-order chi connectivity index (χ0) is 18.2. The lowest BCUT2D eigenvalue weighted by Crippen LogP contribution is -2.48. The minimum atomic E-state index is -0.254. The summed E-state index contributed by atoms with van der Waals surface area (Å²) in [4.78, 5) is 26.1. The lowest BCUT2D eigenvalue weighted by Gasteiger charge is -2.31. The van der Waals surface area contributed by atoms with Crippen LogP contribution in [0.4, 0.5) is 10.6 Å². The van der Waals surface area contributed by atoms with Crippen LogP contribution < -0.4 is 16.0 Å². The molecular formula is C18H24N6O2. The summed E-state index contributed by atoms with van der Waals surface area (Å²) < 4.78 is 0. The van der Waals surface area contributed by atoms with Crippen LogP contribution in [0.2, 0.25) is 0 Å². The van der Waals surface area contributed by atoms with Crippen molar-refractivity contribution in [1.82, 2.24) is 25.7 Å². The Kier molecular flexibility index (Phi) is 6.21. The van der Waals surface area contributed by atoms with Gasteiger partial charge in [-0.3, -0.25) is 20.1 Å². The Balaban J connectivity index is 1.33. The second-order valence-electron chi connectivity index (χ2n) is 6.37. The van der Waals surface area contributed by atoms with Gasteiger partial charge in [0.05, 0.1) is 6.54 Å². The molecule has 1 aliphatic rings. The van der Waals surface area contributed by atoms with Crippen LogP contribution in [0.1, 0.15) is 18.4 Å². The predicted molar refractivity (Wildman–Crippen MR) is 98.5 cm³/mol. The topological polar surface area (TPSA) is 102 Å². The molecule has 3 rings (SSSR count). The summed E-state index contributed by atoms with van der Waals surface area (Å²) in [7, 11) is 0. The van der Waals surface area contributed by atoms with Crippen molar-refractivity contribution < 1.29 is 9.59 Å². The van der Waals surface area contributed by atoms with Crippen LogP contribution in [0.25, 0.3) is 0 Å². The minimum Gasteiger partial charge on any atom is -0.351 e. The van der Waals surface area contributed by atoms with Crippen LogP contribution in [0.5, 0.6) is 0 Å². The maximum atomic E-state index is 12.1. The summed E-state index contributed by atoms with van der Waals surface area (Å²) >= 11 is 0. The first-order chi connectivity index (χ1) is 12.7. The number of piperidine rings is 1. The summed E-state index contributed by atoms with van der Waals surface area (Å²) in [5.74, 6) is 0.520. The fraction of sp³-hybridized carbons (Fsp3) is 0.389. The Morgan fingerprint density at radius 1 is 1.15 bits per heavy atom. The molecule has 0 unspecified atom stereocenters. The quantitative estimate of drug-likeness (QED) is 0.627. The number of carbonyl (C=O) groups is 2. The summed E-state index contributed by atoms with van der Waals surface area (Å²) in [6.07, 6.45) is 3.29. The number of nitrogens with one attached hydrogen (secondary N) is 4. The average Bonchev–Trinajstić information content (AvgIpc) is 3.15. The van der Waals surface area contributed by atoms with Crippen molar-refractivity contribution in [1.29, 1.82) is 0 Å². The van der Waals surface area contributed by atoms with Crippen molar-refractivity contribution in [3.63, 3.8) is 0 Å². The number of likely N-dealkylation sites (tertiary alicyclic amines) is 1. The standard InChI is InChI=1S/C18H24N6O2/c25-17(19-12-14-4-2-1-3-5-14)13-24-10-7-15(8-11-24)21-18(26)22-16-6-9-20-23-16/h1-6,9,15H,7-8,10-13H2,(H,19,25)(H3,20,21,22,23,26). The summed E-state index contributed by atoms with van der Waals surface area (Å²) in [6.45, 7) is 2.50. The van der Waals surface area contributed by atoms with E-state index >= 15 is 0 Å². The second-order valence-corrected chi connectivity index (χ2v) is 6.37. The van der Waals surface area contributed by atoms with E-state index in [0.717, 1.165) is 31.5 Å². The molecule has 4 N–H and O–H groups in total. The molecule has 0 saturated carbocycles. The molecule has 0 bridgehead atoms. The number of amides is 3. The number of aromatic amines is 1. The van der Waals surface area contributed by atoms with Crippen LogP contribution in [-0.4, -0.2) is 52.7 Å². The van der Waals surface area contributed by atoms with Gasteiger partial charge in [-0.2, -0.15) is 5.10 Å². The molecule has 1 aliphatic heterocycles. The minimum absolute atomic E-state index is 0.0246. The van der Waals surface area contributed by atoms with Crippen molar-refractivity contribution in [3.05, 3.63) is 48.2 Å². The molecule has 2 aromatic rings. The van der Waals surface area contributed by atoms with Crippen molar-refractivity contribution in [2.24, 2.45) is 0 Å². The molecule has 26 heavy (non-hydrogen) atoms. The van der Waals surface area contributed by atoms with E-state index in [1.807, 2.05) is 30.3 Å². The number of hydrogen-bond donors (Lipinski definition) is 4. The highest BCUT2D eigenvalue weighted by molar-refractivity contribution is 5.88. The molecule has 138 valence electrons. The van der Waals surface area contributed by atoms with Gasteiger partial charge >= 0.3 is 6.03 Å². The Morgan fingerprint density at radius 2 is 1.92 bits per heavy atom. The molecule has 0 atom stereocenters. The lowest BCUT2D eigenvalue weighted by atomic mass is 10.1. The SMILES string of the molecule is O=C(CN1CCC(NC(=O)Nc2cc[nH]n2)CC1)NCc1ccccc1. The fourth-order valence-corrected chi connectivity index (χ4v) is 2.96. The zero-order valence-corrected chi connectivity index (χ0v) is 14.6. The van der Waals surface area contributed by atoms with E-state index < -0.39 is 0 Å². The van der Waals surface area contributed by atoms with E-state index in [0.29, 0.717) is 18.9 Å². The molecule has 1 fully saturated rings. The van der Waals surface area contributed by atoms with E-state index in [2.05, 4.69) is 31.0 Å². The molecule has 8 nitrogen and oxygen atoms in total. The van der Waals surface area contributed by atoms with Crippen molar-refractivity contribution in [2.75, 3.05) is 25.0 Å². The number of hydrogen-bond acceptors (Lipinski definition) is 4. The van der Waals surface area contributed by atoms with Gasteiger partial charge in [0.25, 0.3) is 0 Å². The average molecular weight is 356 g/mol. The second kappa shape index (κ2) is 9.00. The number of carbonyl (C=O) groups excluding carboxylic acids is 2. The van der Waals surface area contributed by atoms with Gasteiger partial charge in [0.15, 0.2) is 5.82 Å². The van der Waals surface area contributed by atoms with Gasteiger partial charge in [-0.1, -0.05) is 30.3 Å². The normalized spacial score (nSPS) is 15.4. The Labute approximate surface area is 152 Å². The van der Waals surface area contributed by atoms with Gasteiger partial charge in [-0.25, -0.2) is 4.79 Å². The number of H-pyrrole nitrogens is 1. The Morgan fingerprint density at radius 3 is 2.62 bits per heavy atom. The van der Waals surface area contributed by atoms with Gasteiger partial charge in [0.2, 0.25) is 5.91 Å². The van der Waals surface area contributed by atoms with Crippen LogP contribution in [0.3, 0.4) is 0 Å². The third kappa shape index (κ3) is 5.59. The first-order valence-electron chi connectivity index (χ1n) is 8.79. The largest absolute Gasteiger partial charge is 0.351 e. The van der Waals surface area contributed by atoms with Gasteiger partial charge in [-0.05, 0) is 18.4 Å². The van der Waals surface area contributed by atoms with Gasteiger partial charge < -0.3 is 10.6 Å². The molecule has 8 heteroatoms. The zero-order valence-electron chi connectivity index (χ0n) is 14.6. The van der Waals surface area contributed by atoms with Crippen LogP contribution >= 0.6 is 0 Å². The molecule has 0 aliphatic carbocycles. The maximum Gasteiger partial charge on any atom is 0.320 e. The third-order valence-corrected chi connectivity index (χ3v) is 4.36. The van der Waals surface area contributed by atoms with Gasteiger partial charge in [-0.15, -0.1) is 0 Å². The molecular weight excluding hydrogens is 332 g/mol. The number of rotatable bonds is 6. The van der Waals surface area contributed by atoms with Gasteiger partial charge in [0.1, 0.15) is 0 Å². The maximum absolute atomic E-state index is 12.1. The summed E-state index contributed by atoms with van der Waals surface area (Å²) in [5, 5.41) is 15.1. The molecule has 1 aromatic carbocycles. The molecule has 0 radical (unpaired) electrons. The number of anilines is 1. The van der Waals surface area contributed by atoms with E-state index in [-0.39, 0.29) is 18.0 Å². The van der Waals surface area contributed by atoms with Crippen LogP contribution in [-0.2, 0) is 11.3 Å². The van der Waals surface area contributed by atoms with Gasteiger partial charge in [0, 0.05) is 37.9 Å². The highest BCUT2D eigenvalue weighted by Crippen LogP contribution is 2.10. The molecule has 3 amide bonds. The number of benzene rings is 1. The molecule has 2 heterocycles. The van der Waals surface area contributed by atoms with Crippen molar-refractivity contribution >= 4 is 17.8 Å². The third-order valence-electron chi connectivity index (χ3n) is 4.36. The summed E-state index contributed by atoms with van der Waals surface area (Å²) in [6, 6.07) is 11.4. The van der Waals surface area contributed by atoms with Crippen molar-refractivity contribution in [2.45, 2.75) is 25.4 Å². The molecule has 1 aromatic heterocycles. The first kappa shape index (κ1) is 17.9. The number of urea groups is 1. The molecule has 1 saturated heterocycles.